The molecule has 0 spiro atoms. The zero-order valence-electron chi connectivity index (χ0n) is 18.8. The lowest BCUT2D eigenvalue weighted by Crippen LogP contribution is -2.52. The lowest BCUT2D eigenvalue weighted by Gasteiger charge is -2.37. The van der Waals surface area contributed by atoms with E-state index in [1.165, 1.54) is 0 Å². The van der Waals surface area contributed by atoms with E-state index in [0.717, 1.165) is 82.4 Å². The van der Waals surface area contributed by atoms with E-state index in [1.54, 1.807) is 4.90 Å². The fourth-order valence-corrected chi connectivity index (χ4v) is 4.46. The van der Waals surface area contributed by atoms with Crippen molar-refractivity contribution in [3.63, 3.8) is 0 Å². The van der Waals surface area contributed by atoms with Crippen molar-refractivity contribution in [2.75, 3.05) is 53.4 Å². The smallest absolute Gasteiger partial charge is 0.230 e. The molecule has 0 atom stereocenters. The predicted octanol–water partition coefficient (Wildman–Crippen LogP) is 2.33. The van der Waals surface area contributed by atoms with Gasteiger partial charge in [0.1, 0.15) is 5.76 Å². The number of halogens is 1. The summed E-state index contributed by atoms with van der Waals surface area (Å²) in [6.07, 6.45) is 4.12. The monoisotopic (exact) mass is 532 g/mol. The van der Waals surface area contributed by atoms with Crippen molar-refractivity contribution < 1.29 is 9.32 Å². The molecule has 0 aromatic carbocycles. The largest absolute Gasteiger partial charge is 0.361 e. The Balaban J connectivity index is 0.00000320. The number of carbonyl (C=O) groups excluding carboxylic acids is 1. The molecule has 1 aromatic rings. The van der Waals surface area contributed by atoms with Crippen LogP contribution in [0.2, 0.25) is 0 Å². The van der Waals surface area contributed by atoms with E-state index in [9.17, 15) is 4.79 Å². The zero-order valence-corrected chi connectivity index (χ0v) is 21.1. The van der Waals surface area contributed by atoms with Gasteiger partial charge < -0.3 is 19.6 Å². The van der Waals surface area contributed by atoms with Gasteiger partial charge in [0.05, 0.1) is 17.7 Å². The Kier molecular flexibility index (Phi) is 9.39. The highest BCUT2D eigenvalue weighted by molar-refractivity contribution is 14.0. The normalized spacial score (nSPS) is 19.5. The van der Waals surface area contributed by atoms with Crippen LogP contribution in [0.15, 0.2) is 15.6 Å². The molecule has 170 valence electrons. The van der Waals surface area contributed by atoms with Crippen molar-refractivity contribution in [3.05, 3.63) is 17.5 Å². The molecule has 2 heterocycles. The number of aliphatic imine (C=N–C) groups is 1. The average molecular weight is 532 g/mol. The Hall–Kier alpha value is -1.36. The Morgan fingerprint density at radius 3 is 2.47 bits per heavy atom. The van der Waals surface area contributed by atoms with E-state index in [1.807, 2.05) is 27.1 Å². The van der Waals surface area contributed by atoms with E-state index in [-0.39, 0.29) is 35.3 Å². The third kappa shape index (κ3) is 6.09. The first-order chi connectivity index (χ1) is 13.9. The van der Waals surface area contributed by atoms with Crippen molar-refractivity contribution in [1.29, 1.82) is 0 Å². The standard InChI is InChI=1S/C21H36N6O2.HI/c1-5-22-20(23-16-21(8-6-7-9-21)19(28)25(3)4)27-12-10-26(11-13-27)15-18-14-17(2)29-24-18;/h14H,5-13,15-16H2,1-4H3,(H,22,23);1H. The number of amides is 1. The summed E-state index contributed by atoms with van der Waals surface area (Å²) < 4.78 is 5.18. The van der Waals surface area contributed by atoms with E-state index in [4.69, 9.17) is 9.52 Å². The van der Waals surface area contributed by atoms with Crippen LogP contribution in [0.4, 0.5) is 0 Å². The highest BCUT2D eigenvalue weighted by atomic mass is 127. The van der Waals surface area contributed by atoms with Crippen LogP contribution in [0.1, 0.15) is 44.1 Å². The molecule has 1 aliphatic heterocycles. The minimum Gasteiger partial charge on any atom is -0.361 e. The maximum Gasteiger partial charge on any atom is 0.230 e. The van der Waals surface area contributed by atoms with E-state index in [2.05, 4.69) is 27.2 Å². The summed E-state index contributed by atoms with van der Waals surface area (Å²) in [5.41, 5.74) is 0.665. The van der Waals surface area contributed by atoms with E-state index >= 15 is 0 Å². The van der Waals surface area contributed by atoms with Gasteiger partial charge in [-0.1, -0.05) is 18.0 Å². The zero-order chi connectivity index (χ0) is 20.9. The minimum absolute atomic E-state index is 0. The summed E-state index contributed by atoms with van der Waals surface area (Å²) in [4.78, 5) is 24.2. The fourth-order valence-electron chi connectivity index (χ4n) is 4.46. The Bertz CT molecular complexity index is 706. The van der Waals surface area contributed by atoms with Crippen LogP contribution in [0.5, 0.6) is 0 Å². The number of piperazine rings is 1. The van der Waals surface area contributed by atoms with Crippen LogP contribution in [0.3, 0.4) is 0 Å². The molecule has 0 unspecified atom stereocenters. The third-order valence-electron chi connectivity index (χ3n) is 6.02. The molecule has 3 rings (SSSR count). The molecule has 1 amide bonds. The summed E-state index contributed by atoms with van der Waals surface area (Å²) in [5.74, 6) is 2.01. The second kappa shape index (κ2) is 11.3. The van der Waals surface area contributed by atoms with Crippen LogP contribution >= 0.6 is 24.0 Å². The third-order valence-corrected chi connectivity index (χ3v) is 6.02. The number of nitrogens with one attached hydrogen (secondary N) is 1. The van der Waals surface area contributed by atoms with Gasteiger partial charge in [0.2, 0.25) is 5.91 Å². The van der Waals surface area contributed by atoms with Crippen molar-refractivity contribution >= 4 is 35.8 Å². The number of carbonyl (C=O) groups is 1. The summed E-state index contributed by atoms with van der Waals surface area (Å²) in [5, 5.41) is 7.54. The first-order valence-corrected chi connectivity index (χ1v) is 10.8. The summed E-state index contributed by atoms with van der Waals surface area (Å²) in [6.45, 7) is 9.97. The highest BCUT2D eigenvalue weighted by Crippen LogP contribution is 2.39. The van der Waals surface area contributed by atoms with Gasteiger partial charge in [-0.25, -0.2) is 0 Å². The molecule has 8 nitrogen and oxygen atoms in total. The molecule has 2 aliphatic rings. The lowest BCUT2D eigenvalue weighted by molar-refractivity contribution is -0.138. The van der Waals surface area contributed by atoms with Crippen molar-refractivity contribution in [3.8, 4) is 0 Å². The number of guanidine groups is 1. The topological polar surface area (TPSA) is 77.2 Å². The molecular weight excluding hydrogens is 495 g/mol. The van der Waals surface area contributed by atoms with Crippen LogP contribution in [-0.2, 0) is 11.3 Å². The number of rotatable bonds is 6. The first-order valence-electron chi connectivity index (χ1n) is 10.8. The maximum absolute atomic E-state index is 12.8. The maximum atomic E-state index is 12.8. The van der Waals surface area contributed by atoms with Crippen LogP contribution < -0.4 is 5.32 Å². The van der Waals surface area contributed by atoms with Crippen molar-refractivity contribution in [2.24, 2.45) is 10.4 Å². The second-order valence-corrected chi connectivity index (χ2v) is 8.55. The Morgan fingerprint density at radius 2 is 1.93 bits per heavy atom. The quantitative estimate of drug-likeness (QED) is 0.345. The second-order valence-electron chi connectivity index (χ2n) is 8.55. The number of hydrogen-bond donors (Lipinski definition) is 1. The first kappa shape index (κ1) is 24.9. The Labute approximate surface area is 197 Å². The van der Waals surface area contributed by atoms with Gasteiger partial charge in [0.15, 0.2) is 5.96 Å². The summed E-state index contributed by atoms with van der Waals surface area (Å²) in [6, 6.07) is 2.00. The van der Waals surface area contributed by atoms with E-state index < -0.39 is 0 Å². The molecule has 1 N–H and O–H groups in total. The average Bonchev–Trinajstić information content (AvgIpc) is 3.35. The molecule has 1 saturated heterocycles. The molecule has 9 heteroatoms. The van der Waals surface area contributed by atoms with Gasteiger partial charge in [-0.2, -0.15) is 0 Å². The molecule has 0 bridgehead atoms. The van der Waals surface area contributed by atoms with Gasteiger partial charge in [0.25, 0.3) is 0 Å². The Morgan fingerprint density at radius 1 is 1.27 bits per heavy atom. The molecule has 1 aliphatic carbocycles. The summed E-state index contributed by atoms with van der Waals surface area (Å²) in [7, 11) is 3.71. The minimum atomic E-state index is -0.323. The van der Waals surface area contributed by atoms with Crippen molar-refractivity contribution in [1.82, 2.24) is 25.2 Å². The number of hydrogen-bond acceptors (Lipinski definition) is 5. The van der Waals surface area contributed by atoms with Gasteiger partial charge in [-0.15, -0.1) is 24.0 Å². The number of aryl methyl sites for hydroxylation is 1. The number of nitrogens with zero attached hydrogens (tertiary/aromatic N) is 5. The predicted molar refractivity (Wildman–Crippen MR) is 129 cm³/mol. The molecule has 1 aromatic heterocycles. The van der Waals surface area contributed by atoms with Gasteiger partial charge >= 0.3 is 0 Å². The summed E-state index contributed by atoms with van der Waals surface area (Å²) >= 11 is 0. The molecule has 30 heavy (non-hydrogen) atoms. The number of aromatic nitrogens is 1. The van der Waals surface area contributed by atoms with Crippen LogP contribution in [-0.4, -0.2) is 85.1 Å². The van der Waals surface area contributed by atoms with Crippen LogP contribution in [0.25, 0.3) is 0 Å². The van der Waals surface area contributed by atoms with Crippen molar-refractivity contribution in [2.45, 2.75) is 46.1 Å². The lowest BCUT2D eigenvalue weighted by atomic mass is 9.85. The molecule has 2 fully saturated rings. The molecule has 0 radical (unpaired) electrons. The van der Waals surface area contributed by atoms with Gasteiger partial charge in [-0.05, 0) is 26.7 Å². The van der Waals surface area contributed by atoms with E-state index in [0.29, 0.717) is 6.54 Å². The SMILES string of the molecule is CCNC(=NCC1(C(=O)N(C)C)CCCC1)N1CCN(Cc2cc(C)on2)CC1.I. The molecular formula is C21H37IN6O2. The molecule has 1 saturated carbocycles. The van der Waals surface area contributed by atoms with Gasteiger partial charge in [0, 0.05) is 59.4 Å². The fraction of sp³-hybridized carbons (Fsp3) is 0.762. The van der Waals surface area contributed by atoms with Gasteiger partial charge in [-0.3, -0.25) is 14.7 Å². The van der Waals surface area contributed by atoms with Crippen LogP contribution in [0, 0.1) is 12.3 Å². The highest BCUT2D eigenvalue weighted by Gasteiger charge is 2.42.